The first-order chi connectivity index (χ1) is 12.8. The van der Waals surface area contributed by atoms with Crippen molar-refractivity contribution in [3.05, 3.63) is 28.2 Å². The monoisotopic (exact) mass is 415 g/mol. The summed E-state index contributed by atoms with van der Waals surface area (Å²) < 4.78 is 5.15. The standard InChI is InChI=1S/C18H23Cl2N3O4/c1-11(2)10-27-17(25)8-15-18(26)21-5-6-23(15)9-16(24)22-14-7-12(19)3-4-13(14)20/h3-4,7,11,15H,5-6,8-10H2,1-2H3,(H,21,26)(H,22,24). The van der Waals surface area contributed by atoms with E-state index in [2.05, 4.69) is 10.6 Å². The van der Waals surface area contributed by atoms with Gasteiger partial charge in [0.15, 0.2) is 0 Å². The molecule has 2 rings (SSSR count). The van der Waals surface area contributed by atoms with E-state index in [-0.39, 0.29) is 30.7 Å². The maximum Gasteiger partial charge on any atom is 0.307 e. The van der Waals surface area contributed by atoms with Crippen molar-refractivity contribution in [1.29, 1.82) is 0 Å². The van der Waals surface area contributed by atoms with Gasteiger partial charge in [-0.15, -0.1) is 0 Å². The number of amides is 2. The van der Waals surface area contributed by atoms with E-state index in [9.17, 15) is 14.4 Å². The van der Waals surface area contributed by atoms with Gasteiger partial charge in [-0.1, -0.05) is 37.0 Å². The molecule has 1 aromatic rings. The van der Waals surface area contributed by atoms with Gasteiger partial charge in [-0.3, -0.25) is 19.3 Å². The van der Waals surface area contributed by atoms with E-state index in [0.717, 1.165) is 0 Å². The molecule has 1 unspecified atom stereocenters. The van der Waals surface area contributed by atoms with E-state index >= 15 is 0 Å². The number of halogens is 2. The number of carbonyl (C=O) groups is 3. The molecule has 0 spiro atoms. The Hall–Kier alpha value is -1.83. The van der Waals surface area contributed by atoms with E-state index in [1.807, 2.05) is 13.8 Å². The molecular weight excluding hydrogens is 393 g/mol. The van der Waals surface area contributed by atoms with Crippen LogP contribution in [0.15, 0.2) is 18.2 Å². The summed E-state index contributed by atoms with van der Waals surface area (Å²) in [5.74, 6) is -0.904. The fraction of sp³-hybridized carbons (Fsp3) is 0.500. The molecule has 9 heteroatoms. The number of esters is 1. The molecule has 1 aliphatic heterocycles. The summed E-state index contributed by atoms with van der Waals surface area (Å²) in [5, 5.41) is 6.20. The number of carbonyl (C=O) groups excluding carboxylic acids is 3. The Balaban J connectivity index is 1.98. The van der Waals surface area contributed by atoms with Crippen LogP contribution in [0.4, 0.5) is 5.69 Å². The van der Waals surface area contributed by atoms with E-state index < -0.39 is 12.0 Å². The number of nitrogens with one attached hydrogen (secondary N) is 2. The van der Waals surface area contributed by atoms with Crippen molar-refractivity contribution < 1.29 is 19.1 Å². The smallest absolute Gasteiger partial charge is 0.307 e. The number of ether oxygens (including phenoxy) is 1. The highest BCUT2D eigenvalue weighted by molar-refractivity contribution is 6.35. The lowest BCUT2D eigenvalue weighted by Gasteiger charge is -2.33. The predicted molar refractivity (Wildman–Crippen MR) is 104 cm³/mol. The quantitative estimate of drug-likeness (QED) is 0.667. The summed E-state index contributed by atoms with van der Waals surface area (Å²) in [6.45, 7) is 4.95. The first-order valence-corrected chi connectivity index (χ1v) is 9.44. The van der Waals surface area contributed by atoms with Gasteiger partial charge in [-0.2, -0.15) is 0 Å². The fourth-order valence-corrected chi connectivity index (χ4v) is 2.95. The first-order valence-electron chi connectivity index (χ1n) is 8.68. The lowest BCUT2D eigenvalue weighted by Crippen LogP contribution is -2.57. The maximum absolute atomic E-state index is 12.4. The highest BCUT2D eigenvalue weighted by Gasteiger charge is 2.33. The van der Waals surface area contributed by atoms with Crippen LogP contribution in [0.5, 0.6) is 0 Å². The minimum atomic E-state index is -0.751. The number of piperazine rings is 1. The highest BCUT2D eigenvalue weighted by Crippen LogP contribution is 2.25. The number of hydrogen-bond donors (Lipinski definition) is 2. The van der Waals surface area contributed by atoms with Gasteiger partial charge in [0.2, 0.25) is 11.8 Å². The molecule has 0 bridgehead atoms. The van der Waals surface area contributed by atoms with Gasteiger partial charge in [-0.05, 0) is 24.1 Å². The molecule has 0 radical (unpaired) electrons. The largest absolute Gasteiger partial charge is 0.465 e. The van der Waals surface area contributed by atoms with E-state index in [4.69, 9.17) is 27.9 Å². The number of benzene rings is 1. The van der Waals surface area contributed by atoms with Crippen LogP contribution >= 0.6 is 23.2 Å². The van der Waals surface area contributed by atoms with Crippen LogP contribution in [0.25, 0.3) is 0 Å². The van der Waals surface area contributed by atoms with Crippen molar-refractivity contribution in [2.45, 2.75) is 26.3 Å². The van der Waals surface area contributed by atoms with E-state index in [1.54, 1.807) is 23.1 Å². The third-order valence-corrected chi connectivity index (χ3v) is 4.49. The molecule has 1 fully saturated rings. The van der Waals surface area contributed by atoms with E-state index in [0.29, 0.717) is 35.4 Å². The van der Waals surface area contributed by atoms with Gasteiger partial charge in [-0.25, -0.2) is 0 Å². The molecule has 1 aromatic carbocycles. The van der Waals surface area contributed by atoms with Crippen molar-refractivity contribution in [3.8, 4) is 0 Å². The number of anilines is 1. The molecule has 0 aromatic heterocycles. The predicted octanol–water partition coefficient (Wildman–Crippen LogP) is 2.32. The molecule has 1 saturated heterocycles. The van der Waals surface area contributed by atoms with Crippen LogP contribution in [0.3, 0.4) is 0 Å². The lowest BCUT2D eigenvalue weighted by molar-refractivity contribution is -0.149. The van der Waals surface area contributed by atoms with Crippen molar-refractivity contribution in [1.82, 2.24) is 10.2 Å². The molecular formula is C18H23Cl2N3O4. The molecule has 2 N–H and O–H groups in total. The molecule has 7 nitrogen and oxygen atoms in total. The van der Waals surface area contributed by atoms with Crippen LogP contribution in [0.2, 0.25) is 10.0 Å². The SMILES string of the molecule is CC(C)COC(=O)CC1C(=O)NCCN1CC(=O)Nc1cc(Cl)ccc1Cl. The second-order valence-electron chi connectivity index (χ2n) is 6.73. The van der Waals surface area contributed by atoms with Gasteiger partial charge in [0.05, 0.1) is 30.3 Å². The average Bonchev–Trinajstić information content (AvgIpc) is 2.59. The summed E-state index contributed by atoms with van der Waals surface area (Å²) in [5.41, 5.74) is 0.392. The molecule has 0 saturated carbocycles. The first kappa shape index (κ1) is 21.5. The Labute approximate surface area is 168 Å². The Morgan fingerprint density at radius 1 is 1.37 bits per heavy atom. The van der Waals surface area contributed by atoms with Gasteiger partial charge in [0.1, 0.15) is 6.04 Å². The molecule has 0 aliphatic carbocycles. The zero-order valence-electron chi connectivity index (χ0n) is 15.3. The number of rotatable bonds is 7. The Morgan fingerprint density at radius 2 is 2.11 bits per heavy atom. The summed E-state index contributed by atoms with van der Waals surface area (Å²) >= 11 is 12.0. The van der Waals surface area contributed by atoms with Crippen molar-refractivity contribution in [3.63, 3.8) is 0 Å². The molecule has 27 heavy (non-hydrogen) atoms. The van der Waals surface area contributed by atoms with Crippen LogP contribution in [-0.2, 0) is 19.1 Å². The number of hydrogen-bond acceptors (Lipinski definition) is 5. The Kier molecular flexibility index (Phi) is 7.89. The van der Waals surface area contributed by atoms with Crippen molar-refractivity contribution in [2.24, 2.45) is 5.92 Å². The zero-order valence-corrected chi connectivity index (χ0v) is 16.8. The molecule has 148 valence electrons. The normalized spacial score (nSPS) is 17.5. The third kappa shape index (κ3) is 6.68. The van der Waals surface area contributed by atoms with Crippen molar-refractivity contribution in [2.75, 3.05) is 31.6 Å². The van der Waals surface area contributed by atoms with Crippen LogP contribution in [0.1, 0.15) is 20.3 Å². The highest BCUT2D eigenvalue weighted by atomic mass is 35.5. The zero-order chi connectivity index (χ0) is 20.0. The summed E-state index contributed by atoms with van der Waals surface area (Å²) in [7, 11) is 0. The fourth-order valence-electron chi connectivity index (χ4n) is 2.62. The minimum absolute atomic E-state index is 0.0572. The lowest BCUT2D eigenvalue weighted by atomic mass is 10.1. The Morgan fingerprint density at radius 3 is 2.81 bits per heavy atom. The summed E-state index contributed by atoms with van der Waals surface area (Å²) in [6.07, 6.45) is -0.107. The summed E-state index contributed by atoms with van der Waals surface area (Å²) in [6, 6.07) is 4.00. The van der Waals surface area contributed by atoms with Crippen LogP contribution in [-0.4, -0.2) is 55.0 Å². The average molecular weight is 416 g/mol. The number of nitrogens with zero attached hydrogens (tertiary/aromatic N) is 1. The topological polar surface area (TPSA) is 87.7 Å². The third-order valence-electron chi connectivity index (χ3n) is 3.93. The second kappa shape index (κ2) is 9.92. The molecule has 1 aliphatic rings. The second-order valence-corrected chi connectivity index (χ2v) is 7.57. The van der Waals surface area contributed by atoms with Gasteiger partial charge in [0.25, 0.3) is 0 Å². The minimum Gasteiger partial charge on any atom is -0.465 e. The molecule has 2 amide bonds. The summed E-state index contributed by atoms with van der Waals surface area (Å²) in [4.78, 5) is 38.2. The van der Waals surface area contributed by atoms with Crippen LogP contribution < -0.4 is 10.6 Å². The van der Waals surface area contributed by atoms with Gasteiger partial charge in [0, 0.05) is 18.1 Å². The Bertz CT molecular complexity index is 712. The van der Waals surface area contributed by atoms with Gasteiger partial charge < -0.3 is 15.4 Å². The van der Waals surface area contributed by atoms with Gasteiger partial charge >= 0.3 is 5.97 Å². The molecule has 1 heterocycles. The maximum atomic E-state index is 12.4. The van der Waals surface area contributed by atoms with Crippen molar-refractivity contribution >= 4 is 46.7 Å². The van der Waals surface area contributed by atoms with Crippen LogP contribution in [0, 0.1) is 5.92 Å². The molecule has 1 atom stereocenters. The van der Waals surface area contributed by atoms with E-state index in [1.165, 1.54) is 0 Å².